The maximum absolute atomic E-state index is 2.69. The van der Waals surface area contributed by atoms with Gasteiger partial charge in [0.2, 0.25) is 0 Å². The van der Waals surface area contributed by atoms with Crippen LogP contribution in [0.3, 0.4) is 0 Å². The van der Waals surface area contributed by atoms with Crippen molar-refractivity contribution in [2.75, 3.05) is 4.90 Å². The molecule has 2 heteroatoms. The fourth-order valence-electron chi connectivity index (χ4n) is 16.0. The normalized spacial score (nSPS) is 28.4. The molecule has 4 fully saturated rings. The molecule has 0 saturated heterocycles. The van der Waals surface area contributed by atoms with E-state index in [4.69, 9.17) is 0 Å². The third kappa shape index (κ3) is 4.52. The highest BCUT2D eigenvalue weighted by molar-refractivity contribution is 7.99. The monoisotopic (exact) mass is 833 g/mol. The summed E-state index contributed by atoms with van der Waals surface area (Å²) >= 11 is 2.02. The summed E-state index contributed by atoms with van der Waals surface area (Å²) in [6.45, 7) is 9.85. The molecule has 1 nitrogen and oxygen atoms in total. The number of hydrogen-bond donors (Lipinski definition) is 0. The summed E-state index contributed by atoms with van der Waals surface area (Å²) in [5, 5.41) is 0. The van der Waals surface area contributed by atoms with Gasteiger partial charge in [-0.3, -0.25) is 0 Å². The second-order valence-electron chi connectivity index (χ2n) is 21.9. The Balaban J connectivity index is 1.01. The van der Waals surface area contributed by atoms with Crippen molar-refractivity contribution in [1.82, 2.24) is 0 Å². The summed E-state index contributed by atoms with van der Waals surface area (Å²) in [6, 6.07) is 64.0. The van der Waals surface area contributed by atoms with E-state index in [-0.39, 0.29) is 16.2 Å². The SMILES string of the molecule is CC1(C)CCC(C)(C)c2cc(N(c3cccc(C4(c5ccccc5)c5ccccc5-c5ccccc54)c3)c3ccc4c(c3)C3(c5ccccc5S4)C4CC5CC6CC3C64C5)ccc21. The Morgan fingerprint density at radius 3 is 1.79 bits per heavy atom. The van der Waals surface area contributed by atoms with Gasteiger partial charge in [-0.1, -0.05) is 155 Å². The Kier molecular flexibility index (Phi) is 7.35. The van der Waals surface area contributed by atoms with Crippen LogP contribution in [0.1, 0.15) is 111 Å². The molecule has 7 aromatic rings. The van der Waals surface area contributed by atoms with Crippen LogP contribution in [0, 0.1) is 29.1 Å². The number of hydrogen-bond acceptors (Lipinski definition) is 2. The summed E-state index contributed by atoms with van der Waals surface area (Å²) in [4.78, 5) is 5.61. The first-order chi connectivity index (χ1) is 30.7. The third-order valence-electron chi connectivity index (χ3n) is 18.5. The topological polar surface area (TPSA) is 3.24 Å². The smallest absolute Gasteiger partial charge is 0.0714 e. The molecule has 0 amide bonds. The van der Waals surface area contributed by atoms with Crippen LogP contribution in [-0.4, -0.2) is 0 Å². The second-order valence-corrected chi connectivity index (χ2v) is 23.0. The summed E-state index contributed by atoms with van der Waals surface area (Å²) in [5.74, 6) is 3.37. The van der Waals surface area contributed by atoms with Gasteiger partial charge in [-0.05, 0) is 183 Å². The lowest BCUT2D eigenvalue weighted by molar-refractivity contribution is -0.235. The minimum absolute atomic E-state index is 0.0894. The molecular formula is C61H55NS. The van der Waals surface area contributed by atoms with Gasteiger partial charge in [0.25, 0.3) is 0 Å². The van der Waals surface area contributed by atoms with Gasteiger partial charge >= 0.3 is 0 Å². The summed E-state index contributed by atoms with van der Waals surface area (Å²) < 4.78 is 0. The Hall–Kier alpha value is -5.31. The van der Waals surface area contributed by atoms with E-state index in [0.717, 1.165) is 23.7 Å². The summed E-state index contributed by atoms with van der Waals surface area (Å²) in [7, 11) is 0. The fourth-order valence-corrected chi connectivity index (χ4v) is 17.2. The highest BCUT2D eigenvalue weighted by atomic mass is 32.2. The molecule has 0 radical (unpaired) electrons. The number of nitrogens with zero attached hydrogens (tertiary/aromatic N) is 1. The van der Waals surface area contributed by atoms with Crippen LogP contribution < -0.4 is 4.90 Å². The first kappa shape index (κ1) is 37.1. The van der Waals surface area contributed by atoms with Gasteiger partial charge in [-0.2, -0.15) is 0 Å². The van der Waals surface area contributed by atoms with E-state index < -0.39 is 5.41 Å². The van der Waals surface area contributed by atoms with Gasteiger partial charge in [0.15, 0.2) is 0 Å². The van der Waals surface area contributed by atoms with Gasteiger partial charge in [-0.15, -0.1) is 0 Å². The molecule has 2 spiro atoms. The van der Waals surface area contributed by atoms with Crippen molar-refractivity contribution in [1.29, 1.82) is 0 Å². The molecule has 6 atom stereocenters. The van der Waals surface area contributed by atoms with Crippen LogP contribution in [0.4, 0.5) is 17.1 Å². The van der Waals surface area contributed by atoms with Gasteiger partial charge in [0.1, 0.15) is 0 Å². The van der Waals surface area contributed by atoms with Crippen molar-refractivity contribution in [3.63, 3.8) is 0 Å². The maximum Gasteiger partial charge on any atom is 0.0714 e. The van der Waals surface area contributed by atoms with Crippen LogP contribution in [0.2, 0.25) is 0 Å². The van der Waals surface area contributed by atoms with Crippen LogP contribution in [0.25, 0.3) is 11.1 Å². The maximum atomic E-state index is 2.69. The molecule has 4 saturated carbocycles. The molecule has 0 N–H and O–H groups in total. The number of benzene rings is 7. The molecule has 310 valence electrons. The number of fused-ring (bicyclic) bond motifs is 11. The number of anilines is 3. The lowest BCUT2D eigenvalue weighted by atomic mass is 9.26. The van der Waals surface area contributed by atoms with E-state index in [1.807, 2.05) is 11.8 Å². The molecule has 1 aliphatic heterocycles. The quantitative estimate of drug-likeness (QED) is 0.170. The van der Waals surface area contributed by atoms with Crippen molar-refractivity contribution in [2.24, 2.45) is 29.1 Å². The fraction of sp³-hybridized carbons (Fsp3) is 0.311. The minimum atomic E-state index is -0.471. The highest BCUT2D eigenvalue weighted by Crippen LogP contribution is 2.89. The van der Waals surface area contributed by atoms with Crippen LogP contribution in [0.15, 0.2) is 174 Å². The predicted molar refractivity (Wildman–Crippen MR) is 260 cm³/mol. The van der Waals surface area contributed by atoms with Gasteiger partial charge < -0.3 is 4.90 Å². The lowest BCUT2D eigenvalue weighted by Gasteiger charge is -2.78. The van der Waals surface area contributed by atoms with Crippen molar-refractivity contribution in [3.05, 3.63) is 208 Å². The van der Waals surface area contributed by atoms with E-state index in [2.05, 4.69) is 196 Å². The minimum Gasteiger partial charge on any atom is -0.310 e. The zero-order valence-electron chi connectivity index (χ0n) is 37.0. The Labute approximate surface area is 378 Å². The molecule has 2 bridgehead atoms. The molecule has 7 aromatic carbocycles. The molecule has 7 aliphatic rings. The van der Waals surface area contributed by atoms with E-state index in [1.165, 1.54) is 110 Å². The Bertz CT molecular complexity index is 3020. The van der Waals surface area contributed by atoms with E-state index in [9.17, 15) is 0 Å². The zero-order valence-corrected chi connectivity index (χ0v) is 37.8. The Morgan fingerprint density at radius 2 is 1.05 bits per heavy atom. The lowest BCUT2D eigenvalue weighted by Crippen LogP contribution is -2.74. The first-order valence-electron chi connectivity index (χ1n) is 23.9. The predicted octanol–water partition coefficient (Wildman–Crippen LogP) is 15.7. The molecule has 6 aliphatic carbocycles. The van der Waals surface area contributed by atoms with E-state index in [1.54, 1.807) is 11.1 Å². The molecule has 1 heterocycles. The third-order valence-corrected chi connectivity index (χ3v) is 19.7. The first-order valence-corrected chi connectivity index (χ1v) is 24.7. The second kappa shape index (κ2) is 12.5. The van der Waals surface area contributed by atoms with Crippen LogP contribution in [0.5, 0.6) is 0 Å². The average molecular weight is 834 g/mol. The zero-order chi connectivity index (χ0) is 42.1. The van der Waals surface area contributed by atoms with E-state index in [0.29, 0.717) is 5.41 Å². The van der Waals surface area contributed by atoms with Crippen molar-refractivity contribution >= 4 is 28.8 Å². The molecule has 14 rings (SSSR count). The molecule has 6 unspecified atom stereocenters. The summed E-state index contributed by atoms with van der Waals surface area (Å²) in [6.07, 6.45) is 8.18. The van der Waals surface area contributed by atoms with Crippen molar-refractivity contribution in [2.45, 2.75) is 97.7 Å². The largest absolute Gasteiger partial charge is 0.310 e. The summed E-state index contributed by atoms with van der Waals surface area (Å²) in [5.41, 5.74) is 18.4. The molecule has 63 heavy (non-hydrogen) atoms. The molecule has 0 aromatic heterocycles. The van der Waals surface area contributed by atoms with Gasteiger partial charge in [0, 0.05) is 32.3 Å². The van der Waals surface area contributed by atoms with Crippen LogP contribution >= 0.6 is 11.8 Å². The van der Waals surface area contributed by atoms with Crippen molar-refractivity contribution < 1.29 is 0 Å². The molecular weight excluding hydrogens is 779 g/mol. The Morgan fingerprint density at radius 1 is 0.460 bits per heavy atom. The van der Waals surface area contributed by atoms with Crippen molar-refractivity contribution in [3.8, 4) is 11.1 Å². The van der Waals surface area contributed by atoms with Gasteiger partial charge in [-0.25, -0.2) is 0 Å². The highest BCUT2D eigenvalue weighted by Gasteiger charge is 2.84. The van der Waals surface area contributed by atoms with E-state index >= 15 is 0 Å². The van der Waals surface area contributed by atoms with Gasteiger partial charge in [0.05, 0.1) is 5.41 Å². The standard InChI is InChI=1S/C61H55NS/c1-57(2)29-30-58(3,4)51-35-43(25-27-49(51)57)62(42-18-14-17-40(33-42)60(39-15-6-5-7-16-39)47-21-10-8-19-45(47)46-20-9-11-22-48(46)60)44-26-28-54-52(36-44)61(50-23-12-13-24-53(50)63-54)55-32-38-31-41-34-56(61)59(41,55)37-38/h5-28,33,35-36,38,41,55-56H,29-32,34,37H2,1-4H3. The average Bonchev–Trinajstić information content (AvgIpc) is 3.95. The number of rotatable bonds is 5. The van der Waals surface area contributed by atoms with Crippen LogP contribution in [-0.2, 0) is 21.7 Å².